The van der Waals surface area contributed by atoms with Crippen molar-refractivity contribution in [2.45, 2.75) is 13.0 Å². The van der Waals surface area contributed by atoms with Gasteiger partial charge in [-0.15, -0.1) is 0 Å². The van der Waals surface area contributed by atoms with Crippen LogP contribution in [0.4, 0.5) is 15.8 Å². The van der Waals surface area contributed by atoms with Crippen molar-refractivity contribution in [1.82, 2.24) is 5.32 Å². The Balaban J connectivity index is 2.07. The molecule has 2 nitrogen and oxygen atoms in total. The molecule has 2 aromatic rings. The fraction of sp³-hybridized carbons (Fsp3) is 0.250. The molecule has 0 amide bonds. The zero-order valence-electron chi connectivity index (χ0n) is 11.0. The van der Waals surface area contributed by atoms with Crippen LogP contribution in [0.2, 0.25) is 0 Å². The Bertz CT molecular complexity index is 595. The van der Waals surface area contributed by atoms with Crippen molar-refractivity contribution in [3.63, 3.8) is 0 Å². The van der Waals surface area contributed by atoms with Crippen LogP contribution in [-0.4, -0.2) is 13.6 Å². The minimum absolute atomic E-state index is 0.142. The average Bonchev–Trinajstić information content (AvgIpc) is 2.85. The molecule has 1 aliphatic heterocycles. The quantitative estimate of drug-likeness (QED) is 0.907. The van der Waals surface area contributed by atoms with Crippen molar-refractivity contribution in [1.29, 1.82) is 0 Å². The zero-order valence-corrected chi connectivity index (χ0v) is 11.0. The molecule has 0 aliphatic carbocycles. The van der Waals surface area contributed by atoms with Gasteiger partial charge in [0.1, 0.15) is 5.82 Å². The molecule has 0 atom stereocenters. The maximum Gasteiger partial charge on any atom is 0.129 e. The average molecular weight is 256 g/mol. The van der Waals surface area contributed by atoms with Gasteiger partial charge in [0.05, 0.1) is 0 Å². The predicted molar refractivity (Wildman–Crippen MR) is 76.3 cm³/mol. The number of anilines is 2. The molecule has 3 rings (SSSR count). The van der Waals surface area contributed by atoms with E-state index in [1.165, 1.54) is 17.3 Å². The summed E-state index contributed by atoms with van der Waals surface area (Å²) in [6.07, 6.45) is 1.02. The fourth-order valence-corrected chi connectivity index (χ4v) is 2.74. The van der Waals surface area contributed by atoms with Gasteiger partial charge in [-0.05, 0) is 37.2 Å². The van der Waals surface area contributed by atoms with Gasteiger partial charge >= 0.3 is 0 Å². The van der Waals surface area contributed by atoms with Crippen molar-refractivity contribution >= 4 is 11.4 Å². The molecule has 0 unspecified atom stereocenters. The molecule has 1 N–H and O–H groups in total. The van der Waals surface area contributed by atoms with E-state index in [0.717, 1.165) is 24.2 Å². The van der Waals surface area contributed by atoms with Crippen LogP contribution < -0.4 is 10.2 Å². The van der Waals surface area contributed by atoms with Gasteiger partial charge in [-0.2, -0.15) is 0 Å². The van der Waals surface area contributed by atoms with Gasteiger partial charge in [-0.3, -0.25) is 0 Å². The molecule has 0 fully saturated rings. The summed E-state index contributed by atoms with van der Waals surface area (Å²) in [7, 11) is 1.84. The smallest absolute Gasteiger partial charge is 0.129 e. The number of halogens is 1. The lowest BCUT2D eigenvalue weighted by molar-refractivity contribution is 0.600. The van der Waals surface area contributed by atoms with Gasteiger partial charge in [0.2, 0.25) is 0 Å². The topological polar surface area (TPSA) is 15.3 Å². The molecular formula is C16H17FN2. The predicted octanol–water partition coefficient (Wildman–Crippen LogP) is 3.24. The first-order valence-corrected chi connectivity index (χ1v) is 6.58. The van der Waals surface area contributed by atoms with Crippen molar-refractivity contribution in [3.05, 3.63) is 59.4 Å². The van der Waals surface area contributed by atoms with Crippen LogP contribution in [0.15, 0.2) is 42.5 Å². The molecule has 98 valence electrons. The Kier molecular flexibility index (Phi) is 3.22. The lowest BCUT2D eigenvalue weighted by Gasteiger charge is -2.23. The van der Waals surface area contributed by atoms with Crippen LogP contribution in [0.1, 0.15) is 11.1 Å². The number of hydrogen-bond acceptors (Lipinski definition) is 2. The Morgan fingerprint density at radius 3 is 2.74 bits per heavy atom. The standard InChI is InChI=1S/C16H17FN2/c1-18-11-13-14(17)6-4-8-16(13)19-10-9-12-5-2-3-7-15(12)19/h2-8,18H,9-11H2,1H3. The van der Waals surface area contributed by atoms with Crippen molar-refractivity contribution in [2.75, 3.05) is 18.5 Å². The highest BCUT2D eigenvalue weighted by Gasteiger charge is 2.22. The van der Waals surface area contributed by atoms with Gasteiger partial charge < -0.3 is 10.2 Å². The van der Waals surface area contributed by atoms with E-state index in [1.807, 2.05) is 19.2 Å². The Labute approximate surface area is 112 Å². The van der Waals surface area contributed by atoms with Crippen molar-refractivity contribution in [3.8, 4) is 0 Å². The molecule has 0 radical (unpaired) electrons. The molecule has 1 heterocycles. The number of nitrogens with zero attached hydrogens (tertiary/aromatic N) is 1. The summed E-state index contributed by atoms with van der Waals surface area (Å²) < 4.78 is 14.0. The second kappa shape index (κ2) is 5.02. The van der Waals surface area contributed by atoms with Crippen molar-refractivity contribution in [2.24, 2.45) is 0 Å². The second-order valence-corrected chi connectivity index (χ2v) is 4.80. The first-order valence-electron chi connectivity index (χ1n) is 6.58. The maximum absolute atomic E-state index is 14.0. The van der Waals surface area contributed by atoms with Crippen LogP contribution in [0, 0.1) is 5.82 Å². The highest BCUT2D eigenvalue weighted by Crippen LogP contribution is 2.36. The van der Waals surface area contributed by atoms with E-state index in [2.05, 4.69) is 28.4 Å². The third-order valence-electron chi connectivity index (χ3n) is 3.63. The number of para-hydroxylation sites is 1. The SMILES string of the molecule is CNCc1c(F)cccc1N1CCc2ccccc21. The van der Waals surface area contributed by atoms with Crippen LogP contribution in [0.25, 0.3) is 0 Å². The molecule has 19 heavy (non-hydrogen) atoms. The number of fused-ring (bicyclic) bond motifs is 1. The van der Waals surface area contributed by atoms with Crippen LogP contribution in [0.5, 0.6) is 0 Å². The molecule has 0 bridgehead atoms. The molecule has 0 saturated heterocycles. The van der Waals surface area contributed by atoms with Crippen LogP contribution >= 0.6 is 0 Å². The van der Waals surface area contributed by atoms with Gasteiger partial charge in [0, 0.05) is 30.0 Å². The fourth-order valence-electron chi connectivity index (χ4n) is 2.74. The normalized spacial score (nSPS) is 13.7. The first-order chi connectivity index (χ1) is 9.31. The van der Waals surface area contributed by atoms with Gasteiger partial charge in [-0.1, -0.05) is 24.3 Å². The van der Waals surface area contributed by atoms with Crippen LogP contribution in [0.3, 0.4) is 0 Å². The van der Waals surface area contributed by atoms with Gasteiger partial charge in [0.25, 0.3) is 0 Å². The molecule has 3 heteroatoms. The van der Waals surface area contributed by atoms with Gasteiger partial charge in [0.15, 0.2) is 0 Å². The summed E-state index contributed by atoms with van der Waals surface area (Å²) in [5.74, 6) is -0.142. The summed E-state index contributed by atoms with van der Waals surface area (Å²) in [5, 5.41) is 3.05. The minimum Gasteiger partial charge on any atom is -0.341 e. The lowest BCUT2D eigenvalue weighted by Crippen LogP contribution is -2.18. The van der Waals surface area contributed by atoms with E-state index in [-0.39, 0.29) is 5.82 Å². The number of rotatable bonds is 3. The Morgan fingerprint density at radius 2 is 1.89 bits per heavy atom. The van der Waals surface area contributed by atoms with Crippen molar-refractivity contribution < 1.29 is 4.39 Å². The van der Waals surface area contributed by atoms with Gasteiger partial charge in [-0.25, -0.2) is 4.39 Å². The summed E-state index contributed by atoms with van der Waals surface area (Å²) in [6.45, 7) is 1.46. The number of benzene rings is 2. The number of nitrogens with one attached hydrogen (secondary N) is 1. The highest BCUT2D eigenvalue weighted by atomic mass is 19.1. The van der Waals surface area contributed by atoms with E-state index in [4.69, 9.17) is 0 Å². The zero-order chi connectivity index (χ0) is 13.2. The molecule has 0 spiro atoms. The molecule has 2 aromatic carbocycles. The highest BCUT2D eigenvalue weighted by molar-refractivity contribution is 5.72. The Morgan fingerprint density at radius 1 is 1.11 bits per heavy atom. The third kappa shape index (κ3) is 2.10. The lowest BCUT2D eigenvalue weighted by atomic mass is 10.1. The summed E-state index contributed by atoms with van der Waals surface area (Å²) in [6, 6.07) is 13.7. The molecule has 0 saturated carbocycles. The Hall–Kier alpha value is -1.87. The van der Waals surface area contributed by atoms with E-state index in [0.29, 0.717) is 6.54 Å². The van der Waals surface area contributed by atoms with Crippen LogP contribution in [-0.2, 0) is 13.0 Å². The van der Waals surface area contributed by atoms with E-state index >= 15 is 0 Å². The van der Waals surface area contributed by atoms with E-state index in [9.17, 15) is 4.39 Å². The third-order valence-corrected chi connectivity index (χ3v) is 3.63. The summed E-state index contributed by atoms with van der Waals surface area (Å²) >= 11 is 0. The monoisotopic (exact) mass is 256 g/mol. The summed E-state index contributed by atoms with van der Waals surface area (Å²) in [5.41, 5.74) is 4.24. The minimum atomic E-state index is -0.142. The maximum atomic E-state index is 14.0. The van der Waals surface area contributed by atoms with E-state index < -0.39 is 0 Å². The molecule has 0 aromatic heterocycles. The molecular weight excluding hydrogens is 239 g/mol. The van der Waals surface area contributed by atoms with E-state index in [1.54, 1.807) is 6.07 Å². The number of hydrogen-bond donors (Lipinski definition) is 1. The first kappa shape index (κ1) is 12.2. The second-order valence-electron chi connectivity index (χ2n) is 4.80. The summed E-state index contributed by atoms with van der Waals surface area (Å²) in [4.78, 5) is 2.21. The largest absolute Gasteiger partial charge is 0.341 e. The molecule has 1 aliphatic rings.